The van der Waals surface area contributed by atoms with E-state index < -0.39 is 0 Å². The zero-order valence-corrected chi connectivity index (χ0v) is 13.2. The van der Waals surface area contributed by atoms with Crippen molar-refractivity contribution in [3.05, 3.63) is 32.7 Å². The van der Waals surface area contributed by atoms with E-state index in [2.05, 4.69) is 50.3 Å². The molecule has 3 N–H and O–H groups in total. The summed E-state index contributed by atoms with van der Waals surface area (Å²) < 4.78 is 1.17. The van der Waals surface area contributed by atoms with Gasteiger partial charge < -0.3 is 11.1 Å². The molecule has 0 radical (unpaired) electrons. The number of aryl methyl sites for hydroxylation is 1. The molecule has 0 spiro atoms. The van der Waals surface area contributed by atoms with Gasteiger partial charge in [0.2, 0.25) is 0 Å². The molecule has 0 aliphatic rings. The maximum atomic E-state index is 5.78. The monoisotopic (exact) mass is 340 g/mol. The summed E-state index contributed by atoms with van der Waals surface area (Å²) in [5, 5.41) is 3.30. The fourth-order valence-corrected chi connectivity index (χ4v) is 3.23. The van der Waals surface area contributed by atoms with Crippen molar-refractivity contribution in [1.29, 1.82) is 0 Å². The van der Waals surface area contributed by atoms with E-state index in [-0.39, 0.29) is 0 Å². The lowest BCUT2D eigenvalue weighted by atomic mass is 10.3. The van der Waals surface area contributed by atoms with Crippen molar-refractivity contribution in [2.24, 2.45) is 0 Å². The first kappa shape index (κ1) is 14.3. The third-order valence-electron chi connectivity index (χ3n) is 2.57. The standard InChI is InChI=1S/C13H17BrN4S/c1-2-3-12-17-11(15)8-13(18-12)16-7-6-9-4-5-10(14)19-9/h4-5,8H,2-3,6-7H2,1H3,(H3,15,16,17,18). The van der Waals surface area contributed by atoms with Crippen LogP contribution in [0, 0.1) is 0 Å². The minimum Gasteiger partial charge on any atom is -0.384 e. The lowest BCUT2D eigenvalue weighted by Crippen LogP contribution is -2.09. The molecule has 0 fully saturated rings. The summed E-state index contributed by atoms with van der Waals surface area (Å²) in [5.74, 6) is 2.15. The zero-order valence-electron chi connectivity index (χ0n) is 10.8. The van der Waals surface area contributed by atoms with E-state index in [9.17, 15) is 0 Å². The van der Waals surface area contributed by atoms with E-state index in [1.807, 2.05) is 0 Å². The molecule has 0 amide bonds. The average molecular weight is 341 g/mol. The summed E-state index contributed by atoms with van der Waals surface area (Å²) >= 11 is 5.22. The van der Waals surface area contributed by atoms with E-state index >= 15 is 0 Å². The molecule has 102 valence electrons. The number of nitrogens with zero attached hydrogens (tertiary/aromatic N) is 2. The quantitative estimate of drug-likeness (QED) is 0.844. The number of rotatable bonds is 6. The molecule has 2 aromatic rings. The maximum absolute atomic E-state index is 5.78. The SMILES string of the molecule is CCCc1nc(N)cc(NCCc2ccc(Br)s2)n1. The normalized spacial score (nSPS) is 10.6. The molecule has 0 saturated carbocycles. The van der Waals surface area contributed by atoms with Gasteiger partial charge >= 0.3 is 0 Å². The fourth-order valence-electron chi connectivity index (χ4n) is 1.74. The smallest absolute Gasteiger partial charge is 0.133 e. The highest BCUT2D eigenvalue weighted by Gasteiger charge is 2.02. The molecule has 0 aliphatic carbocycles. The summed E-state index contributed by atoms with van der Waals surface area (Å²) in [6.07, 6.45) is 2.85. The topological polar surface area (TPSA) is 63.8 Å². The predicted octanol–water partition coefficient (Wildman–Crippen LogP) is 3.49. The maximum Gasteiger partial charge on any atom is 0.133 e. The largest absolute Gasteiger partial charge is 0.384 e. The number of nitrogens with one attached hydrogen (secondary N) is 1. The lowest BCUT2D eigenvalue weighted by molar-refractivity contribution is 0.836. The summed E-state index contributed by atoms with van der Waals surface area (Å²) in [4.78, 5) is 10.0. The number of thiophene rings is 1. The number of nitrogen functional groups attached to an aromatic ring is 1. The first-order valence-electron chi connectivity index (χ1n) is 6.29. The summed E-state index contributed by atoms with van der Waals surface area (Å²) in [6.45, 7) is 2.95. The minimum atomic E-state index is 0.528. The first-order valence-corrected chi connectivity index (χ1v) is 7.90. The van der Waals surface area contributed by atoms with Crippen molar-refractivity contribution in [1.82, 2.24) is 9.97 Å². The molecule has 2 heterocycles. The van der Waals surface area contributed by atoms with Crippen LogP contribution in [0.1, 0.15) is 24.0 Å². The van der Waals surface area contributed by atoms with Crippen molar-refractivity contribution >= 4 is 38.9 Å². The van der Waals surface area contributed by atoms with Crippen LogP contribution in [0.2, 0.25) is 0 Å². The van der Waals surface area contributed by atoms with Crippen LogP contribution in [0.25, 0.3) is 0 Å². The Balaban J connectivity index is 1.91. The molecule has 2 rings (SSSR count). The van der Waals surface area contributed by atoms with Gasteiger partial charge in [0.1, 0.15) is 17.5 Å². The second-order valence-corrected chi connectivity index (χ2v) is 6.77. The highest BCUT2D eigenvalue weighted by Crippen LogP contribution is 2.22. The van der Waals surface area contributed by atoms with E-state index in [0.717, 1.165) is 37.4 Å². The van der Waals surface area contributed by atoms with Crippen LogP contribution in [0.5, 0.6) is 0 Å². The minimum absolute atomic E-state index is 0.528. The van der Waals surface area contributed by atoms with Gasteiger partial charge in [0.25, 0.3) is 0 Å². The molecular weight excluding hydrogens is 324 g/mol. The zero-order chi connectivity index (χ0) is 13.7. The van der Waals surface area contributed by atoms with E-state index in [1.54, 1.807) is 17.4 Å². The second-order valence-electron chi connectivity index (χ2n) is 4.23. The molecule has 19 heavy (non-hydrogen) atoms. The van der Waals surface area contributed by atoms with Crippen LogP contribution in [0.3, 0.4) is 0 Å². The third-order valence-corrected chi connectivity index (χ3v) is 4.26. The van der Waals surface area contributed by atoms with Crippen LogP contribution in [-0.2, 0) is 12.8 Å². The number of aromatic nitrogens is 2. The molecule has 0 unspecified atom stereocenters. The summed E-state index contributed by atoms with van der Waals surface area (Å²) in [7, 11) is 0. The fraction of sp³-hybridized carbons (Fsp3) is 0.385. The van der Waals surface area contributed by atoms with Crippen molar-refractivity contribution in [2.45, 2.75) is 26.2 Å². The van der Waals surface area contributed by atoms with Gasteiger partial charge in [-0.2, -0.15) is 0 Å². The van der Waals surface area contributed by atoms with Crippen LogP contribution >= 0.6 is 27.3 Å². The predicted molar refractivity (Wildman–Crippen MR) is 84.7 cm³/mol. The van der Waals surface area contributed by atoms with Crippen molar-refractivity contribution in [2.75, 3.05) is 17.6 Å². The first-order chi connectivity index (χ1) is 9.17. The van der Waals surface area contributed by atoms with Gasteiger partial charge in [-0.15, -0.1) is 11.3 Å². The lowest BCUT2D eigenvalue weighted by Gasteiger charge is -2.07. The molecular formula is C13H17BrN4S. The Hall–Kier alpha value is -1.14. The molecule has 0 aromatic carbocycles. The van der Waals surface area contributed by atoms with Crippen LogP contribution in [-0.4, -0.2) is 16.5 Å². The van der Waals surface area contributed by atoms with Gasteiger partial charge in [0.15, 0.2) is 0 Å². The van der Waals surface area contributed by atoms with Gasteiger partial charge in [-0.3, -0.25) is 0 Å². The molecule has 0 aliphatic heterocycles. The highest BCUT2D eigenvalue weighted by molar-refractivity contribution is 9.11. The van der Waals surface area contributed by atoms with Gasteiger partial charge in [-0.05, 0) is 40.9 Å². The Labute approximate surface area is 125 Å². The second kappa shape index (κ2) is 6.86. The van der Waals surface area contributed by atoms with Gasteiger partial charge in [0, 0.05) is 23.9 Å². The van der Waals surface area contributed by atoms with Crippen LogP contribution in [0.4, 0.5) is 11.6 Å². The summed E-state index contributed by atoms with van der Waals surface area (Å²) in [6, 6.07) is 5.98. The molecule has 0 saturated heterocycles. The Bertz CT molecular complexity index is 541. The summed E-state index contributed by atoms with van der Waals surface area (Å²) in [5.41, 5.74) is 5.78. The van der Waals surface area contributed by atoms with E-state index in [0.29, 0.717) is 5.82 Å². The van der Waals surface area contributed by atoms with E-state index in [4.69, 9.17) is 5.73 Å². The third kappa shape index (κ3) is 4.47. The van der Waals surface area contributed by atoms with Crippen LogP contribution in [0.15, 0.2) is 22.0 Å². The highest BCUT2D eigenvalue weighted by atomic mass is 79.9. The van der Waals surface area contributed by atoms with Crippen molar-refractivity contribution < 1.29 is 0 Å². The van der Waals surface area contributed by atoms with Crippen LogP contribution < -0.4 is 11.1 Å². The molecule has 4 nitrogen and oxygen atoms in total. The van der Waals surface area contributed by atoms with Gasteiger partial charge in [-0.25, -0.2) is 9.97 Å². The van der Waals surface area contributed by atoms with Crippen molar-refractivity contribution in [3.63, 3.8) is 0 Å². The average Bonchev–Trinajstić information content (AvgIpc) is 2.75. The number of hydrogen-bond donors (Lipinski definition) is 2. The molecule has 0 atom stereocenters. The Kier molecular flexibility index (Phi) is 5.15. The Morgan fingerprint density at radius 1 is 1.32 bits per heavy atom. The Morgan fingerprint density at radius 3 is 2.84 bits per heavy atom. The number of halogens is 1. The van der Waals surface area contributed by atoms with E-state index in [1.165, 1.54) is 8.66 Å². The van der Waals surface area contributed by atoms with Crippen molar-refractivity contribution in [3.8, 4) is 0 Å². The Morgan fingerprint density at radius 2 is 2.16 bits per heavy atom. The van der Waals surface area contributed by atoms with Gasteiger partial charge in [-0.1, -0.05) is 6.92 Å². The van der Waals surface area contributed by atoms with Gasteiger partial charge in [0.05, 0.1) is 3.79 Å². The molecule has 2 aromatic heterocycles. The number of anilines is 2. The number of hydrogen-bond acceptors (Lipinski definition) is 5. The number of nitrogens with two attached hydrogens (primary N) is 1. The molecule has 0 bridgehead atoms. The molecule has 6 heteroatoms.